The molecule has 2 rings (SSSR count). The monoisotopic (exact) mass is 229 g/mol. The van der Waals surface area contributed by atoms with Crippen LogP contribution in [0.1, 0.15) is 12.0 Å². The van der Waals surface area contributed by atoms with Gasteiger partial charge in [0.05, 0.1) is 0 Å². The summed E-state index contributed by atoms with van der Waals surface area (Å²) >= 11 is 0. The van der Waals surface area contributed by atoms with Gasteiger partial charge in [-0.15, -0.1) is 0 Å². The Hall–Kier alpha value is -1.52. The fourth-order valence-corrected chi connectivity index (χ4v) is 1.85. The Kier molecular flexibility index (Phi) is 2.61. The van der Waals surface area contributed by atoms with Crippen LogP contribution >= 0.6 is 0 Å². The zero-order valence-corrected chi connectivity index (χ0v) is 8.42. The molecule has 0 saturated carbocycles. The predicted octanol–water partition coefficient (Wildman–Crippen LogP) is 2.53. The average Bonchev–Trinajstić information content (AvgIpc) is 2.21. The van der Waals surface area contributed by atoms with Crippen molar-refractivity contribution in [1.29, 1.82) is 0 Å². The van der Waals surface area contributed by atoms with Gasteiger partial charge in [0.2, 0.25) is 5.91 Å². The molecule has 1 aromatic rings. The van der Waals surface area contributed by atoms with Crippen LogP contribution in [0.5, 0.6) is 0 Å². The molecule has 1 amide bonds. The van der Waals surface area contributed by atoms with Crippen LogP contribution in [0, 0.1) is 0 Å². The first kappa shape index (κ1) is 11.0. The number of carbonyl (C=O) groups excluding carboxylic acids is 1. The van der Waals surface area contributed by atoms with Crippen molar-refractivity contribution in [3.05, 3.63) is 29.8 Å². The van der Waals surface area contributed by atoms with Crippen LogP contribution in [0.15, 0.2) is 24.3 Å². The second-order valence-corrected chi connectivity index (χ2v) is 3.72. The Morgan fingerprint density at radius 2 is 1.88 bits per heavy atom. The van der Waals surface area contributed by atoms with Crippen LogP contribution in [0.3, 0.4) is 0 Å². The number of amides is 1. The lowest BCUT2D eigenvalue weighted by Crippen LogP contribution is -2.41. The number of benzene rings is 1. The van der Waals surface area contributed by atoms with Crippen LogP contribution < -0.4 is 4.90 Å². The van der Waals surface area contributed by atoms with Gasteiger partial charge in [-0.1, -0.05) is 18.2 Å². The van der Waals surface area contributed by atoms with E-state index in [1.807, 2.05) is 0 Å². The molecule has 0 N–H and O–H groups in total. The Morgan fingerprint density at radius 3 is 2.56 bits per heavy atom. The summed E-state index contributed by atoms with van der Waals surface area (Å²) in [6.07, 6.45) is -3.70. The number of fused-ring (bicyclic) bond motifs is 1. The Bertz CT molecular complexity index is 414. The number of halogens is 3. The van der Waals surface area contributed by atoms with Crippen LogP contribution in [-0.4, -0.2) is 18.6 Å². The zero-order chi connectivity index (χ0) is 11.8. The molecular weight excluding hydrogens is 219 g/mol. The quantitative estimate of drug-likeness (QED) is 0.724. The van der Waals surface area contributed by atoms with Crippen molar-refractivity contribution >= 4 is 11.6 Å². The second-order valence-electron chi connectivity index (χ2n) is 3.72. The van der Waals surface area contributed by atoms with Gasteiger partial charge in [-0.25, -0.2) is 0 Å². The van der Waals surface area contributed by atoms with E-state index in [4.69, 9.17) is 0 Å². The number of hydrogen-bond donors (Lipinski definition) is 0. The van der Waals surface area contributed by atoms with Crippen molar-refractivity contribution in [2.75, 3.05) is 11.4 Å². The fraction of sp³-hybridized carbons (Fsp3) is 0.364. The van der Waals surface area contributed by atoms with Crippen molar-refractivity contribution in [2.45, 2.75) is 19.0 Å². The topological polar surface area (TPSA) is 20.3 Å². The molecule has 1 aromatic carbocycles. The van der Waals surface area contributed by atoms with E-state index in [1.165, 1.54) is 0 Å². The third-order valence-electron chi connectivity index (χ3n) is 2.53. The Morgan fingerprint density at radius 1 is 1.19 bits per heavy atom. The summed E-state index contributed by atoms with van der Waals surface area (Å²) < 4.78 is 36.9. The molecule has 16 heavy (non-hydrogen) atoms. The number of para-hydroxylation sites is 1. The van der Waals surface area contributed by atoms with Crippen molar-refractivity contribution in [1.82, 2.24) is 0 Å². The molecule has 0 radical (unpaired) electrons. The van der Waals surface area contributed by atoms with Crippen molar-refractivity contribution < 1.29 is 18.0 Å². The van der Waals surface area contributed by atoms with E-state index in [0.29, 0.717) is 12.1 Å². The van der Waals surface area contributed by atoms with E-state index in [1.54, 1.807) is 24.3 Å². The third kappa shape index (κ3) is 2.18. The van der Waals surface area contributed by atoms with E-state index in [0.717, 1.165) is 10.5 Å². The van der Waals surface area contributed by atoms with Gasteiger partial charge in [0.25, 0.3) is 0 Å². The molecule has 0 saturated heterocycles. The highest BCUT2D eigenvalue weighted by Gasteiger charge is 2.35. The first-order chi connectivity index (χ1) is 7.47. The number of rotatable bonds is 1. The molecule has 2 nitrogen and oxygen atoms in total. The van der Waals surface area contributed by atoms with Gasteiger partial charge in [0, 0.05) is 12.1 Å². The van der Waals surface area contributed by atoms with Crippen molar-refractivity contribution in [3.8, 4) is 0 Å². The smallest absolute Gasteiger partial charge is 0.303 e. The summed E-state index contributed by atoms with van der Waals surface area (Å²) in [6, 6.07) is 6.71. The van der Waals surface area contributed by atoms with Crippen LogP contribution in [-0.2, 0) is 11.2 Å². The minimum atomic E-state index is -4.36. The maximum atomic E-state index is 12.3. The van der Waals surface area contributed by atoms with E-state index in [2.05, 4.69) is 0 Å². The number of nitrogens with zero attached hydrogens (tertiary/aromatic N) is 1. The van der Waals surface area contributed by atoms with E-state index in [-0.39, 0.29) is 6.42 Å². The first-order valence-corrected chi connectivity index (χ1v) is 4.92. The highest BCUT2D eigenvalue weighted by Crippen LogP contribution is 2.30. The standard InChI is InChI=1S/C11H10F3NO/c12-11(13,14)7-15-9-4-2-1-3-8(9)5-6-10(15)16/h1-4H,5-7H2. The first-order valence-electron chi connectivity index (χ1n) is 4.92. The zero-order valence-electron chi connectivity index (χ0n) is 8.42. The number of carbonyl (C=O) groups is 1. The van der Waals surface area contributed by atoms with Gasteiger partial charge < -0.3 is 4.90 Å². The van der Waals surface area contributed by atoms with Gasteiger partial charge >= 0.3 is 6.18 Å². The number of alkyl halides is 3. The molecule has 5 heteroatoms. The highest BCUT2D eigenvalue weighted by molar-refractivity contribution is 5.96. The summed E-state index contributed by atoms with van der Waals surface area (Å²) in [5, 5.41) is 0. The normalized spacial score (nSPS) is 16.2. The summed E-state index contributed by atoms with van der Waals surface area (Å²) in [7, 11) is 0. The number of aryl methyl sites for hydroxylation is 1. The SMILES string of the molecule is O=C1CCc2ccccc2N1CC(F)(F)F. The summed E-state index contributed by atoms with van der Waals surface area (Å²) in [4.78, 5) is 12.3. The maximum absolute atomic E-state index is 12.3. The number of hydrogen-bond acceptors (Lipinski definition) is 1. The summed E-state index contributed by atoms with van der Waals surface area (Å²) in [5.41, 5.74) is 1.18. The molecule has 1 aliphatic rings. The van der Waals surface area contributed by atoms with E-state index < -0.39 is 18.6 Å². The van der Waals surface area contributed by atoms with Gasteiger partial charge in [-0.05, 0) is 18.1 Å². The lowest BCUT2D eigenvalue weighted by atomic mass is 10.0. The van der Waals surface area contributed by atoms with E-state index >= 15 is 0 Å². The minimum Gasteiger partial charge on any atom is -0.303 e. The Balaban J connectivity index is 2.33. The Labute approximate surface area is 90.7 Å². The molecule has 1 aliphatic heterocycles. The largest absolute Gasteiger partial charge is 0.406 e. The maximum Gasteiger partial charge on any atom is 0.406 e. The molecule has 0 atom stereocenters. The molecule has 0 aliphatic carbocycles. The fourth-order valence-electron chi connectivity index (χ4n) is 1.85. The highest BCUT2D eigenvalue weighted by atomic mass is 19.4. The van der Waals surface area contributed by atoms with E-state index in [9.17, 15) is 18.0 Å². The molecule has 0 fully saturated rings. The molecular formula is C11H10F3NO. The molecule has 86 valence electrons. The summed E-state index contributed by atoms with van der Waals surface area (Å²) in [6.45, 7) is -1.21. The van der Waals surface area contributed by atoms with Crippen LogP contribution in [0.2, 0.25) is 0 Å². The summed E-state index contributed by atoms with van der Waals surface area (Å²) in [5.74, 6) is -0.462. The van der Waals surface area contributed by atoms with Crippen LogP contribution in [0.4, 0.5) is 18.9 Å². The van der Waals surface area contributed by atoms with Gasteiger partial charge in [-0.3, -0.25) is 4.79 Å². The van der Waals surface area contributed by atoms with Crippen molar-refractivity contribution in [2.24, 2.45) is 0 Å². The lowest BCUT2D eigenvalue weighted by molar-refractivity contribution is -0.132. The average molecular weight is 229 g/mol. The minimum absolute atomic E-state index is 0.146. The molecule has 0 aromatic heterocycles. The number of anilines is 1. The lowest BCUT2D eigenvalue weighted by Gasteiger charge is -2.29. The van der Waals surface area contributed by atoms with Crippen molar-refractivity contribution in [3.63, 3.8) is 0 Å². The van der Waals surface area contributed by atoms with Gasteiger partial charge in [-0.2, -0.15) is 13.2 Å². The second kappa shape index (κ2) is 3.81. The van der Waals surface area contributed by atoms with Gasteiger partial charge in [0.1, 0.15) is 6.54 Å². The predicted molar refractivity (Wildman–Crippen MR) is 53.2 cm³/mol. The van der Waals surface area contributed by atoms with Crippen LogP contribution in [0.25, 0.3) is 0 Å². The molecule has 0 unspecified atom stereocenters. The molecule has 0 bridgehead atoms. The van der Waals surface area contributed by atoms with Gasteiger partial charge in [0.15, 0.2) is 0 Å². The molecule has 0 spiro atoms. The molecule has 1 heterocycles. The third-order valence-corrected chi connectivity index (χ3v) is 2.53.